The molecule has 0 aliphatic heterocycles. The van der Waals surface area contributed by atoms with E-state index in [4.69, 9.17) is 0 Å². The van der Waals surface area contributed by atoms with Crippen LogP contribution in [-0.2, 0) is 5.41 Å². The van der Waals surface area contributed by atoms with Crippen molar-refractivity contribution in [1.29, 1.82) is 0 Å². The molecule has 0 N–H and O–H groups in total. The summed E-state index contributed by atoms with van der Waals surface area (Å²) in [6.07, 6.45) is 8.87. The van der Waals surface area contributed by atoms with Crippen molar-refractivity contribution >= 4 is 0 Å². The van der Waals surface area contributed by atoms with Crippen molar-refractivity contribution in [3.63, 3.8) is 0 Å². The van der Waals surface area contributed by atoms with Crippen molar-refractivity contribution in [2.24, 2.45) is 5.92 Å². The van der Waals surface area contributed by atoms with E-state index < -0.39 is 0 Å². The number of benzene rings is 1. The summed E-state index contributed by atoms with van der Waals surface area (Å²) in [5.74, 6) is 0.944. The van der Waals surface area contributed by atoms with E-state index in [-0.39, 0.29) is 0 Å². The maximum absolute atomic E-state index is 2.44. The Morgan fingerprint density at radius 3 is 2.77 bits per heavy atom. The van der Waals surface area contributed by atoms with Crippen molar-refractivity contribution in [1.82, 2.24) is 0 Å². The molecule has 66 valence electrons. The van der Waals surface area contributed by atoms with Crippen LogP contribution >= 0.6 is 0 Å². The molecule has 1 aromatic carbocycles. The van der Waals surface area contributed by atoms with Crippen molar-refractivity contribution in [2.75, 3.05) is 0 Å². The Morgan fingerprint density at radius 2 is 2.00 bits per heavy atom. The van der Waals surface area contributed by atoms with Gasteiger partial charge >= 0.3 is 0 Å². The van der Waals surface area contributed by atoms with Gasteiger partial charge in [-0.05, 0) is 30.7 Å². The molecule has 0 aromatic heterocycles. The van der Waals surface area contributed by atoms with Crippen LogP contribution in [0.1, 0.15) is 24.8 Å². The van der Waals surface area contributed by atoms with Crippen LogP contribution in [0, 0.1) is 5.92 Å². The summed E-state index contributed by atoms with van der Waals surface area (Å²) < 4.78 is 0. The second-order valence-corrected chi connectivity index (χ2v) is 4.29. The van der Waals surface area contributed by atoms with Gasteiger partial charge in [0.05, 0.1) is 0 Å². The Morgan fingerprint density at radius 1 is 1.15 bits per heavy atom. The fourth-order valence-electron chi connectivity index (χ4n) is 2.70. The van der Waals surface area contributed by atoms with E-state index in [9.17, 15) is 0 Å². The van der Waals surface area contributed by atoms with E-state index in [0.717, 1.165) is 5.92 Å². The summed E-state index contributed by atoms with van der Waals surface area (Å²) in [7, 11) is 0. The summed E-state index contributed by atoms with van der Waals surface area (Å²) >= 11 is 0. The SMILES string of the molecule is C1=CC2(c3ccccc3)CC2CC1. The van der Waals surface area contributed by atoms with Gasteiger partial charge in [0.1, 0.15) is 0 Å². The molecule has 13 heavy (non-hydrogen) atoms. The number of fused-ring (bicyclic) bond motifs is 1. The van der Waals surface area contributed by atoms with Crippen LogP contribution in [0.5, 0.6) is 0 Å². The fraction of sp³-hybridized carbons (Fsp3) is 0.385. The Hall–Kier alpha value is -1.04. The maximum Gasteiger partial charge on any atom is 0.0164 e. The summed E-state index contributed by atoms with van der Waals surface area (Å²) in [4.78, 5) is 0. The molecule has 0 amide bonds. The van der Waals surface area contributed by atoms with Crippen LogP contribution in [-0.4, -0.2) is 0 Å². The molecule has 2 unspecified atom stereocenters. The Balaban J connectivity index is 2.02. The summed E-state index contributed by atoms with van der Waals surface area (Å²) in [5.41, 5.74) is 1.98. The zero-order valence-corrected chi connectivity index (χ0v) is 7.74. The van der Waals surface area contributed by atoms with Gasteiger partial charge in [0, 0.05) is 5.41 Å². The van der Waals surface area contributed by atoms with Gasteiger partial charge < -0.3 is 0 Å². The molecule has 0 heterocycles. The van der Waals surface area contributed by atoms with Crippen molar-refractivity contribution < 1.29 is 0 Å². The van der Waals surface area contributed by atoms with Crippen LogP contribution in [0.15, 0.2) is 42.5 Å². The highest BCUT2D eigenvalue weighted by Gasteiger charge is 2.53. The molecule has 0 bridgehead atoms. The van der Waals surface area contributed by atoms with E-state index in [1.54, 1.807) is 0 Å². The predicted molar refractivity (Wildman–Crippen MR) is 54.6 cm³/mol. The molecule has 1 saturated carbocycles. The number of hydrogen-bond acceptors (Lipinski definition) is 0. The van der Waals surface area contributed by atoms with Crippen molar-refractivity contribution in [3.8, 4) is 0 Å². The lowest BCUT2D eigenvalue weighted by atomic mass is 9.88. The lowest BCUT2D eigenvalue weighted by molar-refractivity contribution is 0.631. The Labute approximate surface area is 79.3 Å². The molecule has 0 saturated heterocycles. The minimum Gasteiger partial charge on any atom is -0.0876 e. The van der Waals surface area contributed by atoms with E-state index in [1.165, 1.54) is 24.8 Å². The van der Waals surface area contributed by atoms with Crippen molar-refractivity contribution in [2.45, 2.75) is 24.7 Å². The van der Waals surface area contributed by atoms with E-state index in [2.05, 4.69) is 42.5 Å². The van der Waals surface area contributed by atoms with Gasteiger partial charge in [0.15, 0.2) is 0 Å². The van der Waals surface area contributed by atoms with E-state index in [0.29, 0.717) is 5.41 Å². The van der Waals surface area contributed by atoms with E-state index in [1.807, 2.05) is 0 Å². The molecule has 0 heteroatoms. The minimum atomic E-state index is 0.458. The van der Waals surface area contributed by atoms with Gasteiger partial charge in [-0.2, -0.15) is 0 Å². The zero-order chi connectivity index (χ0) is 8.73. The molecule has 0 nitrogen and oxygen atoms in total. The van der Waals surface area contributed by atoms with Crippen LogP contribution in [0.2, 0.25) is 0 Å². The monoisotopic (exact) mass is 170 g/mol. The summed E-state index contributed by atoms with van der Waals surface area (Å²) in [6, 6.07) is 11.0. The smallest absolute Gasteiger partial charge is 0.0164 e. The van der Waals surface area contributed by atoms with Gasteiger partial charge in [0.2, 0.25) is 0 Å². The molecular formula is C13H14. The van der Waals surface area contributed by atoms with E-state index >= 15 is 0 Å². The third-order valence-corrected chi connectivity index (χ3v) is 3.56. The van der Waals surface area contributed by atoms with Crippen molar-refractivity contribution in [3.05, 3.63) is 48.0 Å². The highest BCUT2D eigenvalue weighted by atomic mass is 14.6. The van der Waals surface area contributed by atoms with Crippen LogP contribution in [0.25, 0.3) is 0 Å². The Kier molecular flexibility index (Phi) is 1.40. The average molecular weight is 170 g/mol. The summed E-state index contributed by atoms with van der Waals surface area (Å²) in [6.45, 7) is 0. The quantitative estimate of drug-likeness (QED) is 0.567. The third kappa shape index (κ3) is 0.980. The first-order chi connectivity index (χ1) is 6.42. The molecule has 0 radical (unpaired) electrons. The maximum atomic E-state index is 2.44. The van der Waals surface area contributed by atoms with Gasteiger partial charge in [-0.1, -0.05) is 42.5 Å². The summed E-state index contributed by atoms with van der Waals surface area (Å²) in [5, 5.41) is 0. The van der Waals surface area contributed by atoms with Gasteiger partial charge in [-0.25, -0.2) is 0 Å². The fourth-order valence-corrected chi connectivity index (χ4v) is 2.70. The predicted octanol–water partition coefficient (Wildman–Crippen LogP) is 3.29. The second kappa shape index (κ2) is 2.47. The molecule has 1 aromatic rings. The topological polar surface area (TPSA) is 0 Å². The van der Waals surface area contributed by atoms with Gasteiger partial charge in [0.25, 0.3) is 0 Å². The number of rotatable bonds is 1. The molecule has 2 atom stereocenters. The molecular weight excluding hydrogens is 156 g/mol. The average Bonchev–Trinajstić information content (AvgIpc) is 2.94. The first kappa shape index (κ1) is 7.37. The third-order valence-electron chi connectivity index (χ3n) is 3.56. The van der Waals surface area contributed by atoms with Gasteiger partial charge in [-0.15, -0.1) is 0 Å². The first-order valence-electron chi connectivity index (χ1n) is 5.15. The zero-order valence-electron chi connectivity index (χ0n) is 7.74. The highest BCUT2D eigenvalue weighted by Crippen LogP contribution is 2.59. The standard InChI is InChI=1S/C13H14/c1-2-6-11(7-3-1)13-9-5-4-8-12(13)10-13/h1-3,5-7,9,12H,4,8,10H2. The van der Waals surface area contributed by atoms with Crippen LogP contribution < -0.4 is 0 Å². The largest absolute Gasteiger partial charge is 0.0876 e. The van der Waals surface area contributed by atoms with Crippen LogP contribution in [0.3, 0.4) is 0 Å². The first-order valence-corrected chi connectivity index (χ1v) is 5.15. The molecule has 2 aliphatic carbocycles. The second-order valence-electron chi connectivity index (χ2n) is 4.29. The lowest BCUT2D eigenvalue weighted by Gasteiger charge is -2.16. The minimum absolute atomic E-state index is 0.458. The normalized spacial score (nSPS) is 35.5. The number of hydrogen-bond donors (Lipinski definition) is 0. The lowest BCUT2D eigenvalue weighted by Crippen LogP contribution is -2.08. The highest BCUT2D eigenvalue weighted by molar-refractivity contribution is 5.40. The molecule has 3 rings (SSSR count). The van der Waals surface area contributed by atoms with Crippen LogP contribution in [0.4, 0.5) is 0 Å². The molecule has 1 fully saturated rings. The Bertz CT molecular complexity index is 336. The van der Waals surface area contributed by atoms with Gasteiger partial charge in [-0.3, -0.25) is 0 Å². The molecule has 2 aliphatic rings. The molecule has 0 spiro atoms. The number of allylic oxidation sites excluding steroid dienone is 2.